The van der Waals surface area contributed by atoms with Crippen LogP contribution in [0.25, 0.3) is 0 Å². The highest BCUT2D eigenvalue weighted by Crippen LogP contribution is 2.21. The summed E-state index contributed by atoms with van der Waals surface area (Å²) < 4.78 is 0. The minimum Gasteiger partial charge on any atom is -0.480 e. The molecule has 6 heteroatoms. The number of aliphatic carboxylic acids is 1. The van der Waals surface area contributed by atoms with E-state index in [-0.39, 0.29) is 17.7 Å². The van der Waals surface area contributed by atoms with Gasteiger partial charge in [0.25, 0.3) is 5.91 Å². The molecule has 2 atom stereocenters. The summed E-state index contributed by atoms with van der Waals surface area (Å²) in [5, 5.41) is 11.9. The fourth-order valence-electron chi connectivity index (χ4n) is 2.99. The van der Waals surface area contributed by atoms with Gasteiger partial charge in [0.15, 0.2) is 0 Å². The number of carboxylic acid groups (broad SMARTS) is 1. The van der Waals surface area contributed by atoms with Gasteiger partial charge in [-0.05, 0) is 37.3 Å². The van der Waals surface area contributed by atoms with Gasteiger partial charge in [0.1, 0.15) is 12.1 Å². The number of benzene rings is 1. The molecule has 1 aromatic rings. The molecule has 6 nitrogen and oxygen atoms in total. The molecular formula is C18H24N2O4. The molecule has 0 aliphatic carbocycles. The fraction of sp³-hybridized carbons (Fsp3) is 0.500. The molecule has 1 aromatic carbocycles. The number of rotatable bonds is 6. The third-order valence-corrected chi connectivity index (χ3v) is 4.16. The molecule has 0 aromatic heterocycles. The van der Waals surface area contributed by atoms with Crippen LogP contribution in [0.15, 0.2) is 30.3 Å². The summed E-state index contributed by atoms with van der Waals surface area (Å²) in [4.78, 5) is 38.0. The quantitative estimate of drug-likeness (QED) is 0.833. The van der Waals surface area contributed by atoms with Crippen molar-refractivity contribution in [1.82, 2.24) is 10.2 Å². The Balaban J connectivity index is 2.07. The Bertz CT molecular complexity index is 600. The van der Waals surface area contributed by atoms with Crippen molar-refractivity contribution in [3.8, 4) is 0 Å². The van der Waals surface area contributed by atoms with E-state index in [1.165, 1.54) is 0 Å². The van der Waals surface area contributed by atoms with Gasteiger partial charge in [0.05, 0.1) is 0 Å². The van der Waals surface area contributed by atoms with Crippen LogP contribution in [0.5, 0.6) is 0 Å². The van der Waals surface area contributed by atoms with Crippen molar-refractivity contribution in [2.24, 2.45) is 5.92 Å². The summed E-state index contributed by atoms with van der Waals surface area (Å²) in [5.41, 5.74) is 0.536. The van der Waals surface area contributed by atoms with Crippen molar-refractivity contribution < 1.29 is 19.5 Å². The van der Waals surface area contributed by atoms with E-state index >= 15 is 0 Å². The number of likely N-dealkylation sites (tertiary alicyclic amines) is 1. The zero-order chi connectivity index (χ0) is 17.7. The van der Waals surface area contributed by atoms with E-state index in [1.54, 1.807) is 29.2 Å². The number of amides is 2. The van der Waals surface area contributed by atoms with E-state index in [0.29, 0.717) is 24.9 Å². The lowest BCUT2D eigenvalue weighted by molar-refractivity contribution is -0.142. The van der Waals surface area contributed by atoms with Crippen molar-refractivity contribution in [2.45, 2.75) is 45.2 Å². The second-order valence-electron chi connectivity index (χ2n) is 6.55. The van der Waals surface area contributed by atoms with E-state index in [0.717, 1.165) is 6.42 Å². The van der Waals surface area contributed by atoms with E-state index in [4.69, 9.17) is 0 Å². The highest BCUT2D eigenvalue weighted by molar-refractivity contribution is 5.98. The Kier molecular flexibility index (Phi) is 5.95. The first-order chi connectivity index (χ1) is 11.4. The lowest BCUT2D eigenvalue weighted by Crippen LogP contribution is -2.51. The fourth-order valence-corrected chi connectivity index (χ4v) is 2.99. The molecule has 0 spiro atoms. The highest BCUT2D eigenvalue weighted by atomic mass is 16.4. The number of carboxylic acids is 1. The molecule has 0 saturated carbocycles. The number of hydrogen-bond acceptors (Lipinski definition) is 3. The number of nitrogens with one attached hydrogen (secondary N) is 1. The van der Waals surface area contributed by atoms with Crippen LogP contribution in [-0.4, -0.2) is 46.4 Å². The Morgan fingerprint density at radius 1 is 1.25 bits per heavy atom. The van der Waals surface area contributed by atoms with E-state index in [1.807, 2.05) is 19.9 Å². The van der Waals surface area contributed by atoms with Gasteiger partial charge in [0, 0.05) is 12.1 Å². The van der Waals surface area contributed by atoms with Crippen LogP contribution in [0.2, 0.25) is 0 Å². The molecule has 2 amide bonds. The second kappa shape index (κ2) is 7.95. The van der Waals surface area contributed by atoms with Crippen LogP contribution < -0.4 is 5.32 Å². The topological polar surface area (TPSA) is 86.7 Å². The van der Waals surface area contributed by atoms with Crippen LogP contribution in [0, 0.1) is 5.92 Å². The summed E-state index contributed by atoms with van der Waals surface area (Å²) in [6.45, 7) is 4.32. The smallest absolute Gasteiger partial charge is 0.326 e. The average Bonchev–Trinajstić information content (AvgIpc) is 3.03. The Hall–Kier alpha value is -2.37. The van der Waals surface area contributed by atoms with E-state index in [9.17, 15) is 19.5 Å². The first kappa shape index (κ1) is 18.0. The SMILES string of the molecule is CC(C)C[C@H](NC(=O)[C@@H]1CCCN1C(=O)c1ccccc1)C(=O)O. The van der Waals surface area contributed by atoms with Crippen molar-refractivity contribution in [3.05, 3.63) is 35.9 Å². The lowest BCUT2D eigenvalue weighted by atomic mass is 10.0. The molecule has 1 fully saturated rings. The molecule has 1 heterocycles. The monoisotopic (exact) mass is 332 g/mol. The van der Waals surface area contributed by atoms with Gasteiger partial charge in [-0.1, -0.05) is 32.0 Å². The summed E-state index contributed by atoms with van der Waals surface area (Å²) >= 11 is 0. The molecule has 1 aliphatic heterocycles. The van der Waals surface area contributed by atoms with Gasteiger partial charge in [-0.15, -0.1) is 0 Å². The van der Waals surface area contributed by atoms with Gasteiger partial charge in [-0.2, -0.15) is 0 Å². The predicted octanol–water partition coefficient (Wildman–Crippen LogP) is 1.91. The van der Waals surface area contributed by atoms with Crippen LogP contribution in [0.1, 0.15) is 43.5 Å². The summed E-state index contributed by atoms with van der Waals surface area (Å²) in [6, 6.07) is 7.29. The zero-order valence-corrected chi connectivity index (χ0v) is 14.1. The first-order valence-corrected chi connectivity index (χ1v) is 8.29. The Labute approximate surface area is 141 Å². The van der Waals surface area contributed by atoms with Crippen molar-refractivity contribution in [2.75, 3.05) is 6.54 Å². The minimum absolute atomic E-state index is 0.150. The Morgan fingerprint density at radius 2 is 1.92 bits per heavy atom. The van der Waals surface area contributed by atoms with Gasteiger partial charge in [0.2, 0.25) is 5.91 Å². The van der Waals surface area contributed by atoms with Crippen LogP contribution in [-0.2, 0) is 9.59 Å². The zero-order valence-electron chi connectivity index (χ0n) is 14.1. The minimum atomic E-state index is -1.05. The largest absolute Gasteiger partial charge is 0.480 e. The predicted molar refractivity (Wildman–Crippen MR) is 89.5 cm³/mol. The van der Waals surface area contributed by atoms with Gasteiger partial charge in [-0.3, -0.25) is 9.59 Å². The lowest BCUT2D eigenvalue weighted by Gasteiger charge is -2.26. The second-order valence-corrected chi connectivity index (χ2v) is 6.55. The molecule has 2 N–H and O–H groups in total. The first-order valence-electron chi connectivity index (χ1n) is 8.29. The Morgan fingerprint density at radius 3 is 2.50 bits per heavy atom. The number of carbonyl (C=O) groups is 3. The summed E-state index contributed by atoms with van der Waals surface area (Å²) in [6.07, 6.45) is 1.65. The maximum Gasteiger partial charge on any atom is 0.326 e. The molecule has 1 aliphatic rings. The van der Waals surface area contributed by atoms with Gasteiger partial charge >= 0.3 is 5.97 Å². The number of nitrogens with zero attached hydrogens (tertiary/aromatic N) is 1. The molecule has 1 saturated heterocycles. The normalized spacial score (nSPS) is 18.5. The summed E-state index contributed by atoms with van der Waals surface area (Å²) in [7, 11) is 0. The van der Waals surface area contributed by atoms with Crippen molar-refractivity contribution in [1.29, 1.82) is 0 Å². The van der Waals surface area contributed by atoms with Crippen LogP contribution in [0.3, 0.4) is 0 Å². The molecular weight excluding hydrogens is 308 g/mol. The van der Waals surface area contributed by atoms with Crippen LogP contribution >= 0.6 is 0 Å². The van der Waals surface area contributed by atoms with Crippen molar-refractivity contribution >= 4 is 17.8 Å². The maximum atomic E-state index is 12.6. The number of hydrogen-bond donors (Lipinski definition) is 2. The maximum absolute atomic E-state index is 12.6. The molecule has 24 heavy (non-hydrogen) atoms. The molecule has 0 unspecified atom stereocenters. The van der Waals surface area contributed by atoms with E-state index < -0.39 is 18.1 Å². The summed E-state index contributed by atoms with van der Waals surface area (Å²) in [5.74, 6) is -1.47. The average molecular weight is 332 g/mol. The van der Waals surface area contributed by atoms with E-state index in [2.05, 4.69) is 5.32 Å². The number of carbonyl (C=O) groups excluding carboxylic acids is 2. The van der Waals surface area contributed by atoms with Crippen LogP contribution in [0.4, 0.5) is 0 Å². The third kappa shape index (κ3) is 4.34. The standard InChI is InChI=1S/C18H24N2O4/c1-12(2)11-14(18(23)24)19-16(21)15-9-6-10-20(15)17(22)13-7-4-3-5-8-13/h3-5,7-8,12,14-15H,6,9-11H2,1-2H3,(H,19,21)(H,23,24)/t14-,15-/m0/s1. The molecule has 2 rings (SSSR count). The molecule has 130 valence electrons. The van der Waals surface area contributed by atoms with Gasteiger partial charge < -0.3 is 15.3 Å². The third-order valence-electron chi connectivity index (χ3n) is 4.16. The molecule has 0 radical (unpaired) electrons. The van der Waals surface area contributed by atoms with Gasteiger partial charge in [-0.25, -0.2) is 4.79 Å². The highest BCUT2D eigenvalue weighted by Gasteiger charge is 2.36. The van der Waals surface area contributed by atoms with Crippen molar-refractivity contribution in [3.63, 3.8) is 0 Å². The molecule has 0 bridgehead atoms.